The number of methoxy groups -OCH3 is 3. The van der Waals surface area contributed by atoms with Crippen LogP contribution in [0, 0.1) is 35.5 Å². The molecule has 3 aliphatic heterocycles. The number of carbonyl (C=O) groups is 6. The number of piperidine rings is 1. The van der Waals surface area contributed by atoms with E-state index >= 15 is 0 Å². The molecule has 4 rings (SSSR count). The summed E-state index contributed by atoms with van der Waals surface area (Å²) < 4.78 is 30.0. The number of rotatable bonds is 7. The van der Waals surface area contributed by atoms with Crippen LogP contribution in [0.3, 0.4) is 0 Å². The molecule has 382 valence electrons. The van der Waals surface area contributed by atoms with Crippen LogP contribution >= 0.6 is 0 Å². The standard InChI is InChI=1S/C53H82N2O13/c1-31-17-13-12-14-18-32(2)44(64-9)29-40-22-20-37(7)53(68-40,54-38(8)56)50(61)51(62)55-24-16-15-19-41(55)52(63)67-45(34(4)27-39-21-23-42(57)46(28-39)65-10)30-43(58)33(3)26-36(6)48(60)49(66-11)47(59)35(5)25-31/h12-14,17-18,26,31,34-37,39-42,44-46,48-49,57,60H,15-16,19-25,27-30H2,1-11H3,(H,54,56)/t31-,34-,35-,36?,37-,39+,40?,41+,42-,44+,45+,46-,48-,49+,53-/m1/s1. The Morgan fingerprint density at radius 3 is 2.28 bits per heavy atom. The van der Waals surface area contributed by atoms with Gasteiger partial charge < -0.3 is 44.1 Å². The molecule has 2 unspecified atom stereocenters. The lowest BCUT2D eigenvalue weighted by Crippen LogP contribution is -2.67. The van der Waals surface area contributed by atoms with Gasteiger partial charge in [0, 0.05) is 65.4 Å². The van der Waals surface area contributed by atoms with E-state index in [2.05, 4.69) is 5.32 Å². The van der Waals surface area contributed by atoms with Crippen LogP contribution in [0.5, 0.6) is 0 Å². The van der Waals surface area contributed by atoms with Crippen molar-refractivity contribution in [3.8, 4) is 0 Å². The quantitative estimate of drug-likeness (QED) is 0.189. The number of esters is 1. The minimum atomic E-state index is -2.01. The first kappa shape index (κ1) is 56.7. The average Bonchev–Trinajstić information content (AvgIpc) is 3.30. The van der Waals surface area contributed by atoms with Gasteiger partial charge in [-0.15, -0.1) is 0 Å². The van der Waals surface area contributed by atoms with Crippen molar-refractivity contribution in [2.24, 2.45) is 35.5 Å². The fourth-order valence-corrected chi connectivity index (χ4v) is 10.6. The van der Waals surface area contributed by atoms with Crippen LogP contribution < -0.4 is 5.32 Å². The third-order valence-electron chi connectivity index (χ3n) is 14.9. The molecule has 0 aromatic rings. The Hall–Kier alpha value is -3.86. The molecule has 3 N–H and O–H groups in total. The third kappa shape index (κ3) is 14.8. The number of ether oxygens (including phenoxy) is 5. The van der Waals surface area contributed by atoms with E-state index in [4.69, 9.17) is 23.7 Å². The van der Waals surface area contributed by atoms with Gasteiger partial charge in [-0.2, -0.15) is 0 Å². The molecule has 3 heterocycles. The van der Waals surface area contributed by atoms with Crippen molar-refractivity contribution in [2.75, 3.05) is 27.9 Å². The number of fused-ring (bicyclic) bond motifs is 3. The number of aliphatic hydroxyl groups is 2. The molecule has 4 aliphatic rings. The van der Waals surface area contributed by atoms with Gasteiger partial charge in [-0.1, -0.05) is 71.1 Å². The van der Waals surface area contributed by atoms with Crippen molar-refractivity contribution in [2.45, 2.75) is 187 Å². The van der Waals surface area contributed by atoms with Gasteiger partial charge in [-0.3, -0.25) is 24.0 Å². The van der Waals surface area contributed by atoms with Crippen LogP contribution in [0.25, 0.3) is 0 Å². The third-order valence-corrected chi connectivity index (χ3v) is 14.9. The molecular formula is C53H82N2O13. The summed E-state index contributed by atoms with van der Waals surface area (Å²) in [5.74, 6) is -5.78. The predicted molar refractivity (Wildman–Crippen MR) is 257 cm³/mol. The minimum absolute atomic E-state index is 0.0129. The first-order chi connectivity index (χ1) is 32.2. The molecule has 68 heavy (non-hydrogen) atoms. The number of hydrogen-bond donors (Lipinski definition) is 3. The molecule has 1 aliphatic carbocycles. The van der Waals surface area contributed by atoms with Gasteiger partial charge in [0.25, 0.3) is 11.7 Å². The van der Waals surface area contributed by atoms with Gasteiger partial charge >= 0.3 is 5.97 Å². The van der Waals surface area contributed by atoms with Crippen molar-refractivity contribution in [1.29, 1.82) is 0 Å². The maximum absolute atomic E-state index is 14.8. The number of Topliss-reactive ketones (excluding diaryl/α,β-unsaturated/α-hetero) is 3. The van der Waals surface area contributed by atoms with Gasteiger partial charge in [0.05, 0.1) is 30.5 Å². The van der Waals surface area contributed by atoms with E-state index in [0.29, 0.717) is 69.8 Å². The van der Waals surface area contributed by atoms with Gasteiger partial charge in [0.15, 0.2) is 11.6 Å². The fourth-order valence-electron chi connectivity index (χ4n) is 10.6. The smallest absolute Gasteiger partial charge is 0.329 e. The summed E-state index contributed by atoms with van der Waals surface area (Å²) >= 11 is 0. The summed E-state index contributed by atoms with van der Waals surface area (Å²) in [6.07, 6.45) is 11.2. The lowest BCUT2D eigenvalue weighted by atomic mass is 9.78. The number of allylic oxidation sites excluding steroid dienone is 6. The highest BCUT2D eigenvalue weighted by Crippen LogP contribution is 2.38. The molecule has 0 radical (unpaired) electrons. The predicted octanol–water partition coefficient (Wildman–Crippen LogP) is 6.32. The van der Waals surface area contributed by atoms with Crippen molar-refractivity contribution < 1.29 is 62.7 Å². The summed E-state index contributed by atoms with van der Waals surface area (Å²) in [6, 6.07) is -1.15. The highest BCUT2D eigenvalue weighted by molar-refractivity contribution is 6.39. The largest absolute Gasteiger partial charge is 0.460 e. The normalized spacial score (nSPS) is 36.6. The number of nitrogens with one attached hydrogen (secondary N) is 1. The SMILES string of the molecule is CO[C@H]1CC2CC[C@@H](C)[C@@](NC(C)=O)(O2)C(=O)C(=O)N2CCCC[C@H]2C(=O)O[C@H]([C@H](C)C[C@@H]2CC[C@@H](O)[C@H](OC)C2)CC(=O)C(C)=CC(C)[C@@H](O)[C@@H](OC)C(=O)[C@H](C)C[C@H](C)C=CC=CC=C1C. The average molecular weight is 955 g/mol. The number of ketones is 3. The zero-order chi connectivity index (χ0) is 50.5. The maximum Gasteiger partial charge on any atom is 0.329 e. The zero-order valence-electron chi connectivity index (χ0n) is 42.6. The van der Waals surface area contributed by atoms with Gasteiger partial charge in [-0.05, 0) is 107 Å². The second-order valence-corrected chi connectivity index (χ2v) is 20.3. The van der Waals surface area contributed by atoms with Crippen LogP contribution in [0.2, 0.25) is 0 Å². The number of amides is 2. The van der Waals surface area contributed by atoms with Gasteiger partial charge in [0.1, 0.15) is 18.2 Å². The molecule has 15 atom stereocenters. The Morgan fingerprint density at radius 1 is 0.897 bits per heavy atom. The van der Waals surface area contributed by atoms with Crippen molar-refractivity contribution in [3.63, 3.8) is 0 Å². The van der Waals surface area contributed by atoms with Crippen molar-refractivity contribution >= 4 is 35.1 Å². The Kier molecular flexibility index (Phi) is 22.0. The molecule has 2 saturated heterocycles. The first-order valence-electron chi connectivity index (χ1n) is 24.9. The molecule has 0 aromatic carbocycles. The van der Waals surface area contributed by atoms with E-state index in [9.17, 15) is 39.0 Å². The lowest BCUT2D eigenvalue weighted by molar-refractivity contribution is -0.198. The number of cyclic esters (lactones) is 1. The van der Waals surface area contributed by atoms with E-state index < -0.39 is 89.7 Å². The molecule has 2 bridgehead atoms. The molecule has 0 spiro atoms. The number of hydrogen-bond acceptors (Lipinski definition) is 13. The van der Waals surface area contributed by atoms with Crippen LogP contribution in [-0.2, 0) is 52.5 Å². The van der Waals surface area contributed by atoms with Crippen molar-refractivity contribution in [1.82, 2.24) is 10.2 Å². The Morgan fingerprint density at radius 2 is 1.62 bits per heavy atom. The Balaban J connectivity index is 1.76. The molecule has 0 aromatic heterocycles. The van der Waals surface area contributed by atoms with Crippen molar-refractivity contribution in [3.05, 3.63) is 47.6 Å². The lowest BCUT2D eigenvalue weighted by Gasteiger charge is -2.46. The number of carbonyl (C=O) groups excluding carboxylic acids is 6. The van der Waals surface area contributed by atoms with Crippen LogP contribution in [0.4, 0.5) is 0 Å². The van der Waals surface area contributed by atoms with E-state index in [-0.39, 0.29) is 54.8 Å². The molecule has 2 amide bonds. The Bertz CT molecular complexity index is 1880. The summed E-state index contributed by atoms with van der Waals surface area (Å²) in [7, 11) is 4.53. The summed E-state index contributed by atoms with van der Waals surface area (Å²) in [5, 5.41) is 24.7. The second-order valence-electron chi connectivity index (χ2n) is 20.3. The maximum atomic E-state index is 14.8. The first-order valence-corrected chi connectivity index (χ1v) is 24.9. The Labute approximate surface area is 404 Å². The highest BCUT2D eigenvalue weighted by atomic mass is 16.6. The number of aliphatic hydroxyl groups excluding tert-OH is 2. The van der Waals surface area contributed by atoms with Gasteiger partial charge in [0.2, 0.25) is 11.6 Å². The molecule has 1 saturated carbocycles. The molecular weight excluding hydrogens is 873 g/mol. The van der Waals surface area contributed by atoms with Crippen LogP contribution in [-0.4, -0.2) is 133 Å². The fraction of sp³-hybridized carbons (Fsp3) is 0.736. The topological polar surface area (TPSA) is 204 Å². The zero-order valence-corrected chi connectivity index (χ0v) is 42.6. The van der Waals surface area contributed by atoms with E-state index in [1.165, 1.54) is 18.9 Å². The monoisotopic (exact) mass is 955 g/mol. The minimum Gasteiger partial charge on any atom is -0.460 e. The van der Waals surface area contributed by atoms with E-state index in [1.807, 2.05) is 58.1 Å². The number of nitrogens with zero attached hydrogens (tertiary/aromatic N) is 1. The molecule has 3 fully saturated rings. The summed E-state index contributed by atoms with van der Waals surface area (Å²) in [4.78, 5) is 85.9. The molecule has 15 nitrogen and oxygen atoms in total. The summed E-state index contributed by atoms with van der Waals surface area (Å²) in [5.41, 5.74) is -0.818. The van der Waals surface area contributed by atoms with E-state index in [0.717, 1.165) is 5.57 Å². The highest BCUT2D eigenvalue weighted by Gasteiger charge is 2.55. The summed E-state index contributed by atoms with van der Waals surface area (Å²) in [6.45, 7) is 14.1. The molecule has 15 heteroatoms. The van der Waals surface area contributed by atoms with Crippen LogP contribution in [0.15, 0.2) is 47.6 Å². The van der Waals surface area contributed by atoms with E-state index in [1.54, 1.807) is 41.1 Å². The van der Waals surface area contributed by atoms with Gasteiger partial charge in [-0.25, -0.2) is 4.79 Å². The van der Waals surface area contributed by atoms with Crippen LogP contribution in [0.1, 0.15) is 132 Å². The second kappa shape index (κ2) is 26.4.